The van der Waals surface area contributed by atoms with E-state index in [-0.39, 0.29) is 6.61 Å². The lowest BCUT2D eigenvalue weighted by Gasteiger charge is -2.12. The van der Waals surface area contributed by atoms with Gasteiger partial charge in [-0.2, -0.15) is 0 Å². The van der Waals surface area contributed by atoms with Crippen molar-refractivity contribution in [3.05, 3.63) is 62.6 Å². The highest BCUT2D eigenvalue weighted by Crippen LogP contribution is 2.25. The minimum absolute atomic E-state index is 0.142. The monoisotopic (exact) mass is 477 g/mol. The van der Waals surface area contributed by atoms with Crippen LogP contribution in [0, 0.1) is 5.92 Å². The van der Waals surface area contributed by atoms with E-state index in [0.29, 0.717) is 16.7 Å². The van der Waals surface area contributed by atoms with Gasteiger partial charge in [0, 0.05) is 16.0 Å². The fourth-order valence-electron chi connectivity index (χ4n) is 3.25. The number of hydrogen-bond donors (Lipinski definition) is 3. The molecule has 1 aliphatic rings. The van der Waals surface area contributed by atoms with Gasteiger partial charge in [-0.25, -0.2) is 0 Å². The van der Waals surface area contributed by atoms with Crippen LogP contribution < -0.4 is 21.1 Å². The predicted octanol–water partition coefficient (Wildman–Crippen LogP) is 3.84. The number of ether oxygens (including phenoxy) is 1. The Morgan fingerprint density at radius 3 is 2.90 bits per heavy atom. The van der Waals surface area contributed by atoms with Crippen LogP contribution in [0.25, 0.3) is 12.2 Å². The number of benzene rings is 2. The van der Waals surface area contributed by atoms with E-state index in [4.69, 9.17) is 22.1 Å². The van der Waals surface area contributed by atoms with E-state index in [9.17, 15) is 4.79 Å². The summed E-state index contributed by atoms with van der Waals surface area (Å²) in [6.07, 6.45) is 5.23. The van der Waals surface area contributed by atoms with Gasteiger partial charge >= 0.3 is 0 Å². The van der Waals surface area contributed by atoms with Crippen molar-refractivity contribution in [3.63, 3.8) is 0 Å². The van der Waals surface area contributed by atoms with Gasteiger partial charge < -0.3 is 21.1 Å². The molecule has 2 aromatic rings. The van der Waals surface area contributed by atoms with E-state index in [1.807, 2.05) is 42.5 Å². The summed E-state index contributed by atoms with van der Waals surface area (Å²) in [7, 11) is 0. The van der Waals surface area contributed by atoms with Crippen LogP contribution in [-0.2, 0) is 11.3 Å². The number of amides is 1. The zero-order valence-electron chi connectivity index (χ0n) is 16.1. The Hall–Kier alpha value is -1.86. The molecule has 0 saturated carbocycles. The van der Waals surface area contributed by atoms with Crippen molar-refractivity contribution < 1.29 is 9.53 Å². The molecule has 1 atom stereocenters. The van der Waals surface area contributed by atoms with Crippen LogP contribution in [-0.4, -0.2) is 32.1 Å². The van der Waals surface area contributed by atoms with E-state index in [1.54, 1.807) is 0 Å². The summed E-state index contributed by atoms with van der Waals surface area (Å²) in [5, 5.41) is 7.58. The van der Waals surface area contributed by atoms with Crippen LogP contribution in [0.1, 0.15) is 23.1 Å². The molecule has 154 valence electrons. The lowest BCUT2D eigenvalue weighted by atomic mass is 10.1. The first kappa shape index (κ1) is 21.8. The van der Waals surface area contributed by atoms with Crippen molar-refractivity contribution in [2.45, 2.75) is 13.0 Å². The normalized spacial score (nSPS) is 16.4. The lowest BCUT2D eigenvalue weighted by molar-refractivity contribution is -0.119. The summed E-state index contributed by atoms with van der Waals surface area (Å²) in [6.45, 7) is 3.73. The van der Waals surface area contributed by atoms with Gasteiger partial charge in [0.1, 0.15) is 5.75 Å². The van der Waals surface area contributed by atoms with Crippen LogP contribution >= 0.6 is 27.5 Å². The first-order valence-corrected chi connectivity index (χ1v) is 10.8. The highest BCUT2D eigenvalue weighted by atomic mass is 79.9. The molecule has 1 heterocycles. The van der Waals surface area contributed by atoms with Crippen molar-refractivity contribution in [2.75, 3.05) is 26.2 Å². The average molecular weight is 479 g/mol. The fraction of sp³-hybridized carbons (Fsp3) is 0.318. The van der Waals surface area contributed by atoms with Crippen LogP contribution in [0.3, 0.4) is 0 Å². The van der Waals surface area contributed by atoms with Gasteiger partial charge in [-0.1, -0.05) is 51.8 Å². The van der Waals surface area contributed by atoms with Gasteiger partial charge in [0.25, 0.3) is 5.91 Å². The number of halogens is 2. The number of nitrogens with one attached hydrogen (secondary N) is 2. The summed E-state index contributed by atoms with van der Waals surface area (Å²) in [6, 6.07) is 11.6. The third kappa shape index (κ3) is 7.16. The van der Waals surface area contributed by atoms with Gasteiger partial charge in [0.2, 0.25) is 0 Å². The molecule has 3 rings (SSSR count). The maximum Gasteiger partial charge on any atom is 0.255 e. The van der Waals surface area contributed by atoms with E-state index < -0.39 is 5.91 Å². The summed E-state index contributed by atoms with van der Waals surface area (Å²) in [4.78, 5) is 11.1. The molecule has 7 heteroatoms. The van der Waals surface area contributed by atoms with Crippen molar-refractivity contribution in [1.82, 2.24) is 10.6 Å². The summed E-state index contributed by atoms with van der Waals surface area (Å²) >= 11 is 9.54. The first-order valence-electron chi connectivity index (χ1n) is 9.59. The quantitative estimate of drug-likeness (QED) is 0.479. The second kappa shape index (κ2) is 10.8. The number of hydrogen-bond acceptors (Lipinski definition) is 4. The largest absolute Gasteiger partial charge is 0.484 e. The minimum Gasteiger partial charge on any atom is -0.484 e. The molecule has 4 N–H and O–H groups in total. The molecule has 1 amide bonds. The fourth-order valence-corrected chi connectivity index (χ4v) is 4.07. The van der Waals surface area contributed by atoms with Gasteiger partial charge in [-0.05, 0) is 72.9 Å². The molecule has 0 radical (unpaired) electrons. The molecule has 1 aliphatic heterocycles. The maximum atomic E-state index is 11.1. The summed E-state index contributed by atoms with van der Waals surface area (Å²) < 4.78 is 6.47. The highest BCUT2D eigenvalue weighted by Gasteiger charge is 2.13. The Kier molecular flexibility index (Phi) is 8.12. The van der Waals surface area contributed by atoms with E-state index >= 15 is 0 Å². The number of rotatable bonds is 9. The van der Waals surface area contributed by atoms with Crippen molar-refractivity contribution in [1.29, 1.82) is 0 Å². The molecule has 0 aromatic heterocycles. The Labute approximate surface area is 184 Å². The Morgan fingerprint density at radius 1 is 1.31 bits per heavy atom. The predicted molar refractivity (Wildman–Crippen MR) is 122 cm³/mol. The summed E-state index contributed by atoms with van der Waals surface area (Å²) in [5.74, 6) is 0.802. The molecular weight excluding hydrogens is 454 g/mol. The standard InChI is InChI=1S/C22H25BrClN3O2/c23-21-10-19(24)4-3-18(21)2-1-15-7-17(9-20(8-15)29-14-22(25)28)13-27-12-16-5-6-26-11-16/h1-4,7-10,16,26-27H,5-6,11-14H2,(H2,25,28)/b2-1+. The number of carbonyl (C=O) groups is 1. The molecule has 1 unspecified atom stereocenters. The van der Waals surface area contributed by atoms with E-state index in [2.05, 4.69) is 32.6 Å². The second-order valence-corrected chi connectivity index (χ2v) is 8.44. The van der Waals surface area contributed by atoms with Crippen LogP contribution in [0.5, 0.6) is 5.75 Å². The van der Waals surface area contributed by atoms with Crippen molar-refractivity contribution in [2.24, 2.45) is 11.7 Å². The highest BCUT2D eigenvalue weighted by molar-refractivity contribution is 9.10. The van der Waals surface area contributed by atoms with Crippen LogP contribution in [0.4, 0.5) is 0 Å². The second-order valence-electron chi connectivity index (χ2n) is 7.15. The molecule has 1 fully saturated rings. The van der Waals surface area contributed by atoms with Gasteiger partial charge in [0.15, 0.2) is 6.61 Å². The SMILES string of the molecule is NC(=O)COc1cc(/C=C/c2ccc(Cl)cc2Br)cc(CNCC2CCNC2)c1. The van der Waals surface area contributed by atoms with Gasteiger partial charge in [-0.3, -0.25) is 4.79 Å². The molecule has 5 nitrogen and oxygen atoms in total. The molecule has 1 saturated heterocycles. The smallest absolute Gasteiger partial charge is 0.255 e. The molecule has 0 spiro atoms. The molecule has 2 aromatic carbocycles. The number of nitrogens with two attached hydrogens (primary N) is 1. The van der Waals surface area contributed by atoms with Crippen molar-refractivity contribution >= 4 is 45.6 Å². The Bertz CT molecular complexity index is 882. The molecule has 0 aliphatic carbocycles. The molecule has 0 bridgehead atoms. The van der Waals surface area contributed by atoms with E-state index in [1.165, 1.54) is 6.42 Å². The van der Waals surface area contributed by atoms with Gasteiger partial charge in [-0.15, -0.1) is 0 Å². The van der Waals surface area contributed by atoms with E-state index in [0.717, 1.165) is 47.3 Å². The zero-order valence-corrected chi connectivity index (χ0v) is 18.4. The van der Waals surface area contributed by atoms with Crippen LogP contribution in [0.2, 0.25) is 5.02 Å². The minimum atomic E-state index is -0.496. The maximum absolute atomic E-state index is 11.1. The lowest BCUT2D eigenvalue weighted by Crippen LogP contribution is -2.24. The molecule has 29 heavy (non-hydrogen) atoms. The third-order valence-corrected chi connectivity index (χ3v) is 5.63. The molecular formula is C22H25BrClN3O2. The Morgan fingerprint density at radius 2 is 2.17 bits per heavy atom. The Balaban J connectivity index is 1.73. The number of carbonyl (C=O) groups excluding carboxylic acids is 1. The van der Waals surface area contributed by atoms with Crippen molar-refractivity contribution in [3.8, 4) is 5.75 Å². The summed E-state index contributed by atoms with van der Waals surface area (Å²) in [5.41, 5.74) is 8.31. The first-order chi connectivity index (χ1) is 14.0. The zero-order chi connectivity index (χ0) is 20.6. The topological polar surface area (TPSA) is 76.4 Å². The average Bonchev–Trinajstić information content (AvgIpc) is 3.19. The number of primary amides is 1. The third-order valence-electron chi connectivity index (χ3n) is 4.71. The van der Waals surface area contributed by atoms with Crippen LogP contribution in [0.15, 0.2) is 40.9 Å². The van der Waals surface area contributed by atoms with Gasteiger partial charge in [0.05, 0.1) is 0 Å².